The monoisotopic (exact) mass is 698 g/mol. The number of phosphoric acid groups is 1. The summed E-state index contributed by atoms with van der Waals surface area (Å²) in [5.41, 5.74) is 0. The maximum Gasteiger partial charge on any atom is 0.469 e. The van der Waals surface area contributed by atoms with Crippen LogP contribution in [0.2, 0.25) is 0 Å². The summed E-state index contributed by atoms with van der Waals surface area (Å²) in [4.78, 5) is 42.7. The average molecular weight is 699 g/mol. The normalized spacial score (nSPS) is 12.6. The third-order valence-corrected chi connectivity index (χ3v) is 8.79. The molecule has 0 fully saturated rings. The van der Waals surface area contributed by atoms with Gasteiger partial charge in [-0.15, -0.1) is 6.58 Å². The zero-order valence-corrected chi connectivity index (χ0v) is 31.4. The molecule has 0 unspecified atom stereocenters. The Morgan fingerprint density at radius 1 is 0.604 bits per heavy atom. The van der Waals surface area contributed by atoms with Gasteiger partial charge in [-0.05, 0) is 51.4 Å². The number of ether oxygens (including phenoxy) is 2. The van der Waals surface area contributed by atoms with E-state index in [4.69, 9.17) is 19.3 Å². The Hall–Kier alpha value is -1.73. The summed E-state index contributed by atoms with van der Waals surface area (Å²) < 4.78 is 26.3. The fraction of sp³-hybridized carbons (Fsp3) is 0.795. The van der Waals surface area contributed by atoms with Gasteiger partial charge in [-0.25, -0.2) is 4.57 Å². The number of unbranched alkanes of at least 4 members (excludes halogenated alkanes) is 22. The van der Waals surface area contributed by atoms with E-state index in [1.807, 2.05) is 6.08 Å². The number of hydrogen-bond donors (Lipinski definition) is 2. The van der Waals surface area contributed by atoms with E-state index >= 15 is 0 Å². The van der Waals surface area contributed by atoms with E-state index in [1.54, 1.807) is 0 Å². The Balaban J connectivity index is 3.96. The van der Waals surface area contributed by atoms with Gasteiger partial charge in [-0.3, -0.25) is 14.1 Å². The Morgan fingerprint density at radius 2 is 1.02 bits per heavy atom. The van der Waals surface area contributed by atoms with Gasteiger partial charge in [0.1, 0.15) is 6.61 Å². The van der Waals surface area contributed by atoms with Gasteiger partial charge in [0, 0.05) is 12.8 Å². The van der Waals surface area contributed by atoms with Crippen molar-refractivity contribution in [2.75, 3.05) is 13.2 Å². The van der Waals surface area contributed by atoms with Gasteiger partial charge in [-0.1, -0.05) is 146 Å². The van der Waals surface area contributed by atoms with Crippen LogP contribution in [0.25, 0.3) is 0 Å². The van der Waals surface area contributed by atoms with Crippen LogP contribution in [0.1, 0.15) is 180 Å². The maximum absolute atomic E-state index is 12.4. The van der Waals surface area contributed by atoms with Gasteiger partial charge in [0.05, 0.1) is 6.61 Å². The molecule has 0 amide bonds. The molecular weight excluding hydrogens is 627 g/mol. The maximum atomic E-state index is 12.4. The van der Waals surface area contributed by atoms with Crippen molar-refractivity contribution in [3.8, 4) is 0 Å². The zero-order valence-electron chi connectivity index (χ0n) is 30.5. The van der Waals surface area contributed by atoms with Gasteiger partial charge in [0.2, 0.25) is 0 Å². The number of phosphoric ester groups is 1. The molecular formula is C39H71O8P. The Kier molecular flexibility index (Phi) is 33.8. The molecule has 2 N–H and O–H groups in total. The van der Waals surface area contributed by atoms with Gasteiger partial charge >= 0.3 is 19.8 Å². The topological polar surface area (TPSA) is 119 Å². The molecule has 9 heteroatoms. The van der Waals surface area contributed by atoms with Crippen LogP contribution in [-0.2, 0) is 28.2 Å². The molecule has 0 aliphatic rings. The lowest BCUT2D eigenvalue weighted by Crippen LogP contribution is -2.29. The molecule has 0 aromatic carbocycles. The summed E-state index contributed by atoms with van der Waals surface area (Å²) in [5, 5.41) is 0. The highest BCUT2D eigenvalue weighted by molar-refractivity contribution is 7.46. The number of carbonyl (C=O) groups excluding carboxylic acids is 2. The molecule has 48 heavy (non-hydrogen) atoms. The molecule has 0 aromatic rings. The van der Waals surface area contributed by atoms with Crippen molar-refractivity contribution in [3.63, 3.8) is 0 Å². The summed E-state index contributed by atoms with van der Waals surface area (Å²) in [7, 11) is -4.75. The highest BCUT2D eigenvalue weighted by Crippen LogP contribution is 2.36. The largest absolute Gasteiger partial charge is 0.469 e. The first kappa shape index (κ1) is 46.3. The third-order valence-electron chi connectivity index (χ3n) is 8.31. The minimum absolute atomic E-state index is 0.194. The second-order valence-electron chi connectivity index (χ2n) is 13.0. The predicted octanol–water partition coefficient (Wildman–Crippen LogP) is 11.4. The van der Waals surface area contributed by atoms with Gasteiger partial charge in [0.25, 0.3) is 0 Å². The molecule has 0 rings (SSSR count). The highest BCUT2D eigenvalue weighted by Gasteiger charge is 2.22. The number of esters is 2. The van der Waals surface area contributed by atoms with E-state index in [0.29, 0.717) is 6.42 Å². The Bertz CT molecular complexity index is 866. The van der Waals surface area contributed by atoms with E-state index < -0.39 is 32.5 Å². The lowest BCUT2D eigenvalue weighted by Gasteiger charge is -2.18. The lowest BCUT2D eigenvalue weighted by atomic mass is 10.0. The molecule has 0 aliphatic heterocycles. The summed E-state index contributed by atoms with van der Waals surface area (Å²) in [6, 6.07) is 0. The zero-order chi connectivity index (χ0) is 35.4. The minimum atomic E-state index is -4.75. The fourth-order valence-corrected chi connectivity index (χ4v) is 5.76. The molecule has 0 saturated carbocycles. The molecule has 0 radical (unpaired) electrons. The number of hydrogen-bond acceptors (Lipinski definition) is 6. The van der Waals surface area contributed by atoms with Gasteiger partial charge < -0.3 is 19.3 Å². The second-order valence-corrected chi connectivity index (χ2v) is 14.3. The quantitative estimate of drug-likeness (QED) is 0.0218. The molecule has 0 aromatic heterocycles. The highest BCUT2D eigenvalue weighted by atomic mass is 31.2. The standard InChI is InChI=1S/C39H71O8P/c1-3-5-7-9-11-13-15-17-19-21-23-25-27-29-31-33-38(40)45-35-37(36-46-48(42,43)44)47-39(41)34-32-30-28-26-24-22-20-18-16-14-12-10-8-6-4-2/h3,14,16,18,20,37H,1,4-13,15,17,19,21-36H2,2H3,(H2,42,43,44)/b16-14+,20-18+/t37-/m1/s1. The van der Waals surface area contributed by atoms with E-state index in [9.17, 15) is 14.2 Å². The minimum Gasteiger partial charge on any atom is -0.462 e. The molecule has 0 heterocycles. The van der Waals surface area contributed by atoms with Crippen molar-refractivity contribution in [2.45, 2.75) is 186 Å². The number of allylic oxidation sites excluding steroid dienone is 5. The van der Waals surface area contributed by atoms with Crippen molar-refractivity contribution < 1.29 is 37.9 Å². The summed E-state index contributed by atoms with van der Waals surface area (Å²) in [6.07, 6.45) is 39.0. The van der Waals surface area contributed by atoms with Crippen molar-refractivity contribution in [3.05, 3.63) is 37.0 Å². The van der Waals surface area contributed by atoms with Crippen LogP contribution in [0.3, 0.4) is 0 Å². The van der Waals surface area contributed by atoms with Crippen molar-refractivity contribution in [2.24, 2.45) is 0 Å². The molecule has 1 atom stereocenters. The fourth-order valence-electron chi connectivity index (χ4n) is 5.40. The van der Waals surface area contributed by atoms with Crippen molar-refractivity contribution in [1.29, 1.82) is 0 Å². The first-order valence-electron chi connectivity index (χ1n) is 19.3. The van der Waals surface area contributed by atoms with Crippen LogP contribution in [0.4, 0.5) is 0 Å². The van der Waals surface area contributed by atoms with Crippen LogP contribution >= 0.6 is 7.82 Å². The Labute approximate surface area is 293 Å². The second kappa shape index (κ2) is 35.1. The molecule has 0 spiro atoms. The van der Waals surface area contributed by atoms with Crippen LogP contribution in [-0.4, -0.2) is 41.0 Å². The van der Waals surface area contributed by atoms with E-state index in [1.165, 1.54) is 89.9 Å². The molecule has 8 nitrogen and oxygen atoms in total. The Morgan fingerprint density at radius 3 is 1.48 bits per heavy atom. The molecule has 0 aliphatic carbocycles. The molecule has 0 bridgehead atoms. The summed E-state index contributed by atoms with van der Waals surface area (Å²) >= 11 is 0. The average Bonchev–Trinajstić information content (AvgIpc) is 3.05. The van der Waals surface area contributed by atoms with E-state index in [2.05, 4.69) is 42.3 Å². The van der Waals surface area contributed by atoms with Crippen LogP contribution in [0, 0.1) is 0 Å². The van der Waals surface area contributed by atoms with Crippen LogP contribution in [0.15, 0.2) is 37.0 Å². The van der Waals surface area contributed by atoms with E-state index in [-0.39, 0.29) is 19.4 Å². The number of rotatable bonds is 36. The molecule has 0 saturated heterocycles. The summed E-state index contributed by atoms with van der Waals surface area (Å²) in [6.45, 7) is 5.16. The third kappa shape index (κ3) is 37.1. The summed E-state index contributed by atoms with van der Waals surface area (Å²) in [5.74, 6) is -0.904. The van der Waals surface area contributed by atoms with E-state index in [0.717, 1.165) is 64.2 Å². The predicted molar refractivity (Wildman–Crippen MR) is 198 cm³/mol. The number of carbonyl (C=O) groups is 2. The SMILES string of the molecule is C=CCCCCCCCCCCCCCCCC(=O)OC[C@H](COP(=O)(O)O)OC(=O)CCCCCCC/C=C/C=C/CCCCCC. The van der Waals surface area contributed by atoms with Gasteiger partial charge in [-0.2, -0.15) is 0 Å². The van der Waals surface area contributed by atoms with Crippen LogP contribution in [0.5, 0.6) is 0 Å². The smallest absolute Gasteiger partial charge is 0.462 e. The first-order chi connectivity index (χ1) is 23.3. The first-order valence-corrected chi connectivity index (χ1v) is 20.8. The van der Waals surface area contributed by atoms with Gasteiger partial charge in [0.15, 0.2) is 6.10 Å². The lowest BCUT2D eigenvalue weighted by molar-refractivity contribution is -0.161. The van der Waals surface area contributed by atoms with Crippen molar-refractivity contribution in [1.82, 2.24) is 0 Å². The molecule has 280 valence electrons. The van der Waals surface area contributed by atoms with Crippen molar-refractivity contribution >= 4 is 19.8 Å². The van der Waals surface area contributed by atoms with Crippen LogP contribution < -0.4 is 0 Å².